The van der Waals surface area contributed by atoms with Crippen molar-refractivity contribution in [1.82, 2.24) is 25.4 Å². The number of hydrogen-bond acceptors (Lipinski definition) is 3. The van der Waals surface area contributed by atoms with Crippen LogP contribution in [-0.2, 0) is 19.4 Å². The van der Waals surface area contributed by atoms with Gasteiger partial charge in [-0.15, -0.1) is 24.0 Å². The van der Waals surface area contributed by atoms with Crippen molar-refractivity contribution in [2.75, 3.05) is 6.54 Å². The molecule has 2 N–H and O–H groups in total. The first-order chi connectivity index (χ1) is 13.2. The van der Waals surface area contributed by atoms with Gasteiger partial charge in [0.2, 0.25) is 0 Å². The van der Waals surface area contributed by atoms with Crippen LogP contribution in [-0.4, -0.2) is 39.4 Å². The molecule has 8 heteroatoms. The minimum Gasteiger partial charge on any atom is -0.353 e. The third kappa shape index (κ3) is 5.06. The second kappa shape index (κ2) is 9.56. The lowest BCUT2D eigenvalue weighted by molar-refractivity contribution is 0.392. The maximum Gasteiger partial charge on any atom is 0.191 e. The number of fused-ring (bicyclic) bond motifs is 1. The van der Waals surface area contributed by atoms with Gasteiger partial charge in [-0.25, -0.2) is 9.67 Å². The quantitative estimate of drug-likeness (QED) is 0.334. The van der Waals surface area contributed by atoms with Gasteiger partial charge in [0.05, 0.1) is 6.54 Å². The Morgan fingerprint density at radius 2 is 2.04 bits per heavy atom. The number of aromatic nitrogens is 3. The second-order valence-electron chi connectivity index (χ2n) is 7.33. The van der Waals surface area contributed by atoms with Gasteiger partial charge in [-0.2, -0.15) is 5.10 Å². The van der Waals surface area contributed by atoms with Crippen molar-refractivity contribution < 1.29 is 0 Å². The first kappa shape index (κ1) is 21.5. The molecule has 2 aliphatic rings. The molecule has 0 amide bonds. The molecule has 152 valence electrons. The van der Waals surface area contributed by atoms with Gasteiger partial charge in [-0.1, -0.05) is 35.0 Å². The Morgan fingerprint density at radius 1 is 1.25 bits per heavy atom. The third-order valence-corrected chi connectivity index (χ3v) is 5.81. The first-order valence-electron chi connectivity index (χ1n) is 9.91. The van der Waals surface area contributed by atoms with E-state index >= 15 is 0 Å². The number of aliphatic imine (C=N–C) groups is 1. The van der Waals surface area contributed by atoms with E-state index in [1.807, 2.05) is 0 Å². The highest BCUT2D eigenvalue weighted by molar-refractivity contribution is 14.0. The zero-order valence-corrected chi connectivity index (χ0v) is 20.3. The average molecular weight is 559 g/mol. The Kier molecular flexibility index (Phi) is 7.36. The van der Waals surface area contributed by atoms with Gasteiger partial charge in [0.1, 0.15) is 5.82 Å². The van der Waals surface area contributed by atoms with Gasteiger partial charge in [-0.05, 0) is 37.5 Å². The molecular formula is C20H28BrIN6. The number of rotatable bonds is 5. The molecule has 1 fully saturated rings. The van der Waals surface area contributed by atoms with E-state index in [4.69, 9.17) is 0 Å². The van der Waals surface area contributed by atoms with Crippen molar-refractivity contribution in [3.8, 4) is 0 Å². The highest BCUT2D eigenvalue weighted by atomic mass is 127. The zero-order valence-electron chi connectivity index (χ0n) is 16.4. The molecule has 0 bridgehead atoms. The number of halogens is 2. The van der Waals surface area contributed by atoms with E-state index in [0.717, 1.165) is 60.9 Å². The van der Waals surface area contributed by atoms with Crippen molar-refractivity contribution >= 4 is 45.9 Å². The Labute approximate surface area is 192 Å². The second-order valence-corrected chi connectivity index (χ2v) is 8.24. The molecule has 0 radical (unpaired) electrons. The topological polar surface area (TPSA) is 67.1 Å². The minimum atomic E-state index is 0. The maximum absolute atomic E-state index is 4.66. The van der Waals surface area contributed by atoms with Gasteiger partial charge in [-0.3, -0.25) is 4.99 Å². The van der Waals surface area contributed by atoms with Gasteiger partial charge < -0.3 is 10.6 Å². The summed E-state index contributed by atoms with van der Waals surface area (Å²) in [5, 5.41) is 11.9. The average Bonchev–Trinajstić information content (AvgIpc) is 3.30. The van der Waals surface area contributed by atoms with Crippen LogP contribution in [0.25, 0.3) is 0 Å². The Morgan fingerprint density at radius 3 is 2.75 bits per heavy atom. The largest absolute Gasteiger partial charge is 0.353 e. The summed E-state index contributed by atoms with van der Waals surface area (Å²) in [4.78, 5) is 9.26. The Hall–Kier alpha value is -1.16. The lowest BCUT2D eigenvalue weighted by Crippen LogP contribution is -2.48. The maximum atomic E-state index is 4.66. The summed E-state index contributed by atoms with van der Waals surface area (Å²) in [6.45, 7) is 5.80. The molecule has 1 aromatic heterocycles. The molecule has 2 heterocycles. The fourth-order valence-corrected chi connectivity index (χ4v) is 3.99. The zero-order chi connectivity index (χ0) is 18.8. The van der Waals surface area contributed by atoms with Crippen molar-refractivity contribution in [2.45, 2.75) is 64.1 Å². The molecule has 6 nitrogen and oxygen atoms in total. The lowest BCUT2D eigenvalue weighted by atomic mass is 10.1. The summed E-state index contributed by atoms with van der Waals surface area (Å²) in [5.74, 6) is 3.56. The van der Waals surface area contributed by atoms with E-state index in [9.17, 15) is 0 Å². The van der Waals surface area contributed by atoms with Crippen LogP contribution >= 0.6 is 39.9 Å². The molecule has 1 aliphatic carbocycles. The summed E-state index contributed by atoms with van der Waals surface area (Å²) >= 11 is 3.51. The Bertz CT molecular complexity index is 819. The molecule has 3 atom stereocenters. The number of nitrogens with one attached hydrogen (secondary N) is 2. The van der Waals surface area contributed by atoms with E-state index in [0.29, 0.717) is 18.0 Å². The summed E-state index contributed by atoms with van der Waals surface area (Å²) in [6.07, 6.45) is 4.08. The number of nitrogens with zero attached hydrogens (tertiary/aromatic N) is 4. The first-order valence-corrected chi connectivity index (χ1v) is 10.7. The number of hydrogen-bond donors (Lipinski definition) is 2. The number of benzene rings is 1. The van der Waals surface area contributed by atoms with E-state index in [1.54, 1.807) is 0 Å². The molecule has 3 unspecified atom stereocenters. The van der Waals surface area contributed by atoms with Crippen LogP contribution in [0, 0.1) is 0 Å². The molecule has 4 rings (SSSR count). The van der Waals surface area contributed by atoms with E-state index in [-0.39, 0.29) is 24.0 Å². The van der Waals surface area contributed by atoms with Crippen molar-refractivity contribution in [3.05, 3.63) is 46.0 Å². The Balaban J connectivity index is 0.00000225. The smallest absolute Gasteiger partial charge is 0.191 e. The van der Waals surface area contributed by atoms with Gasteiger partial charge in [0.25, 0.3) is 0 Å². The van der Waals surface area contributed by atoms with E-state index < -0.39 is 0 Å². The molecule has 1 saturated carbocycles. The SMILES string of the molecule is CCN=C(NC1CCc2nc(CC)nn2C1)NC1CC1c1ccc(Br)cc1.I. The molecule has 0 spiro atoms. The molecular weight excluding hydrogens is 531 g/mol. The number of aryl methyl sites for hydroxylation is 2. The predicted octanol–water partition coefficient (Wildman–Crippen LogP) is 3.65. The molecule has 0 saturated heterocycles. The molecule has 1 aliphatic heterocycles. The van der Waals surface area contributed by atoms with E-state index in [1.165, 1.54) is 5.56 Å². The normalized spacial score (nSPS) is 23.5. The monoisotopic (exact) mass is 558 g/mol. The summed E-state index contributed by atoms with van der Waals surface area (Å²) < 4.78 is 3.19. The van der Waals surface area contributed by atoms with Crippen molar-refractivity contribution in [1.29, 1.82) is 0 Å². The van der Waals surface area contributed by atoms with Crippen LogP contribution in [0.3, 0.4) is 0 Å². The molecule has 1 aromatic carbocycles. The van der Waals surface area contributed by atoms with Gasteiger partial charge in [0, 0.05) is 41.9 Å². The number of guanidine groups is 1. The standard InChI is InChI=1S/C20H27BrN6.HI/c1-3-18-25-19-10-9-15(12-27(19)26-18)23-20(22-4-2)24-17-11-16(17)13-5-7-14(21)8-6-13;/h5-8,15-17H,3-4,9-12H2,1-2H3,(H2,22,23,24);1H. The molecule has 28 heavy (non-hydrogen) atoms. The van der Waals surface area contributed by atoms with Crippen LogP contribution in [0.15, 0.2) is 33.7 Å². The van der Waals surface area contributed by atoms with Crippen LogP contribution in [0.5, 0.6) is 0 Å². The highest BCUT2D eigenvalue weighted by Crippen LogP contribution is 2.41. The van der Waals surface area contributed by atoms with Crippen molar-refractivity contribution in [2.24, 2.45) is 4.99 Å². The van der Waals surface area contributed by atoms with Crippen LogP contribution in [0.4, 0.5) is 0 Å². The minimum absolute atomic E-state index is 0. The predicted molar refractivity (Wildman–Crippen MR) is 126 cm³/mol. The third-order valence-electron chi connectivity index (χ3n) is 5.29. The summed E-state index contributed by atoms with van der Waals surface area (Å²) in [5.41, 5.74) is 1.39. The van der Waals surface area contributed by atoms with E-state index in [2.05, 4.69) is 84.4 Å². The van der Waals surface area contributed by atoms with Crippen LogP contribution in [0.1, 0.15) is 49.8 Å². The van der Waals surface area contributed by atoms with Gasteiger partial charge in [0.15, 0.2) is 11.8 Å². The van der Waals surface area contributed by atoms with Crippen LogP contribution in [0.2, 0.25) is 0 Å². The summed E-state index contributed by atoms with van der Waals surface area (Å²) in [7, 11) is 0. The van der Waals surface area contributed by atoms with Crippen LogP contribution < -0.4 is 10.6 Å². The lowest BCUT2D eigenvalue weighted by Gasteiger charge is -2.25. The summed E-state index contributed by atoms with van der Waals surface area (Å²) in [6, 6.07) is 9.45. The highest BCUT2D eigenvalue weighted by Gasteiger charge is 2.39. The fourth-order valence-electron chi connectivity index (χ4n) is 3.72. The molecule has 2 aromatic rings. The van der Waals surface area contributed by atoms with Crippen molar-refractivity contribution in [3.63, 3.8) is 0 Å². The van der Waals surface area contributed by atoms with Gasteiger partial charge >= 0.3 is 0 Å². The fraction of sp³-hybridized carbons (Fsp3) is 0.550.